The Kier molecular flexibility index (Phi) is 7.57. The molecule has 8 heteroatoms. The summed E-state index contributed by atoms with van der Waals surface area (Å²) in [5.74, 6) is -0.887. The van der Waals surface area contributed by atoms with E-state index in [9.17, 15) is 14.4 Å². The van der Waals surface area contributed by atoms with Crippen LogP contribution in [0.15, 0.2) is 12.1 Å². The van der Waals surface area contributed by atoms with Crippen LogP contribution in [0.3, 0.4) is 0 Å². The molecule has 0 saturated carbocycles. The molecule has 2 atom stereocenters. The number of primary amides is 1. The normalized spacial score (nSPS) is 13.0. The number of rotatable bonds is 10. The van der Waals surface area contributed by atoms with Gasteiger partial charge in [-0.15, -0.1) is 0 Å². The van der Waals surface area contributed by atoms with Crippen molar-refractivity contribution in [3.63, 3.8) is 0 Å². The lowest BCUT2D eigenvalue weighted by atomic mass is 9.96. The lowest BCUT2D eigenvalue weighted by molar-refractivity contribution is -0.122. The van der Waals surface area contributed by atoms with Gasteiger partial charge in [0.15, 0.2) is 23.1 Å². The number of ether oxygens (including phenoxy) is 3. The zero-order valence-electron chi connectivity index (χ0n) is 15.9. The van der Waals surface area contributed by atoms with Gasteiger partial charge in [-0.1, -0.05) is 13.8 Å². The number of hydrogen-bond acceptors (Lipinski definition) is 7. The molecule has 0 fully saturated rings. The molecule has 0 radical (unpaired) electrons. The number of carbonyl (C=O) groups is 3. The molecule has 0 aliphatic rings. The largest absolute Gasteiger partial charge is 0.493 e. The molecule has 0 aliphatic heterocycles. The summed E-state index contributed by atoms with van der Waals surface area (Å²) in [6, 6.07) is 0.860. The second-order valence-electron chi connectivity index (χ2n) is 6.11. The van der Waals surface area contributed by atoms with E-state index in [1.54, 1.807) is 13.8 Å². The minimum atomic E-state index is -1.22. The maximum absolute atomic E-state index is 12.9. The third-order valence-electron chi connectivity index (χ3n) is 3.94. The van der Waals surface area contributed by atoms with E-state index in [4.69, 9.17) is 19.9 Å². The zero-order valence-corrected chi connectivity index (χ0v) is 15.9. The van der Waals surface area contributed by atoms with Gasteiger partial charge in [-0.3, -0.25) is 19.7 Å². The maximum Gasteiger partial charge on any atom is 0.234 e. The fraction of sp³-hybridized carbons (Fsp3) is 0.500. The predicted octanol–water partition coefficient (Wildman–Crippen LogP) is 0.952. The van der Waals surface area contributed by atoms with E-state index in [1.807, 2.05) is 0 Å². The molecule has 0 bridgehead atoms. The molecular weight excluding hydrogens is 340 g/mol. The van der Waals surface area contributed by atoms with Crippen molar-refractivity contribution in [3.8, 4) is 17.2 Å². The standard InChI is InChI=1S/C18H26N2O6/c1-9(2)14(18(19)23)20-15(10(3)21)16(22)11-7-12(24-4)17(26-6)13(8-11)25-5/h7-9,14-15,20H,1-6H3,(H2,19,23). The number of amides is 1. The van der Waals surface area contributed by atoms with Gasteiger partial charge in [0.1, 0.15) is 6.04 Å². The first-order valence-electron chi connectivity index (χ1n) is 8.07. The average molecular weight is 366 g/mol. The quantitative estimate of drug-likeness (QED) is 0.468. The van der Waals surface area contributed by atoms with Crippen molar-refractivity contribution in [2.24, 2.45) is 11.7 Å². The molecule has 0 aromatic heterocycles. The molecule has 1 aromatic carbocycles. The maximum atomic E-state index is 12.9. The summed E-state index contributed by atoms with van der Waals surface area (Å²) in [6.45, 7) is 4.80. The van der Waals surface area contributed by atoms with Gasteiger partial charge in [-0.05, 0) is 25.0 Å². The van der Waals surface area contributed by atoms with Crippen molar-refractivity contribution in [1.82, 2.24) is 5.32 Å². The Hall–Kier alpha value is -2.61. The van der Waals surface area contributed by atoms with E-state index >= 15 is 0 Å². The van der Waals surface area contributed by atoms with E-state index in [-0.39, 0.29) is 23.0 Å². The lowest BCUT2D eigenvalue weighted by Crippen LogP contribution is -2.54. The summed E-state index contributed by atoms with van der Waals surface area (Å²) in [4.78, 5) is 36.6. The van der Waals surface area contributed by atoms with Gasteiger partial charge in [0.05, 0.1) is 27.4 Å². The molecule has 8 nitrogen and oxygen atoms in total. The molecule has 1 rings (SSSR count). The highest BCUT2D eigenvalue weighted by Gasteiger charge is 2.32. The molecule has 0 spiro atoms. The van der Waals surface area contributed by atoms with Crippen LogP contribution in [0.4, 0.5) is 0 Å². The van der Waals surface area contributed by atoms with Gasteiger partial charge in [0, 0.05) is 5.56 Å². The third-order valence-corrected chi connectivity index (χ3v) is 3.94. The molecule has 0 aliphatic carbocycles. The second kappa shape index (κ2) is 9.19. The molecule has 144 valence electrons. The van der Waals surface area contributed by atoms with Gasteiger partial charge in [-0.25, -0.2) is 0 Å². The number of ketones is 2. The fourth-order valence-corrected chi connectivity index (χ4v) is 2.55. The van der Waals surface area contributed by atoms with Gasteiger partial charge < -0.3 is 19.9 Å². The molecule has 1 aromatic rings. The average Bonchev–Trinajstić information content (AvgIpc) is 2.59. The molecule has 1 amide bonds. The van der Waals surface area contributed by atoms with Crippen LogP contribution in [0, 0.1) is 5.92 Å². The van der Waals surface area contributed by atoms with Crippen molar-refractivity contribution in [2.45, 2.75) is 32.9 Å². The first-order chi connectivity index (χ1) is 12.2. The Labute approximate surface area is 153 Å². The number of Topliss-reactive ketones (excluding diaryl/α,β-unsaturated/α-hetero) is 2. The van der Waals surface area contributed by atoms with Gasteiger partial charge in [-0.2, -0.15) is 0 Å². The van der Waals surface area contributed by atoms with Crippen molar-refractivity contribution in [3.05, 3.63) is 17.7 Å². The number of carbonyl (C=O) groups excluding carboxylic acids is 3. The van der Waals surface area contributed by atoms with Gasteiger partial charge in [0.25, 0.3) is 0 Å². The van der Waals surface area contributed by atoms with Crippen molar-refractivity contribution in [1.29, 1.82) is 0 Å². The number of hydrogen-bond donors (Lipinski definition) is 2. The van der Waals surface area contributed by atoms with Gasteiger partial charge >= 0.3 is 0 Å². The Balaban J connectivity index is 3.32. The van der Waals surface area contributed by atoms with Crippen LogP contribution in [-0.4, -0.2) is 50.9 Å². The first kappa shape index (κ1) is 21.4. The highest BCUT2D eigenvalue weighted by Crippen LogP contribution is 2.38. The topological polar surface area (TPSA) is 117 Å². The van der Waals surface area contributed by atoms with E-state index in [0.29, 0.717) is 5.75 Å². The second-order valence-corrected chi connectivity index (χ2v) is 6.11. The van der Waals surface area contributed by atoms with Crippen LogP contribution in [0.1, 0.15) is 31.1 Å². The lowest BCUT2D eigenvalue weighted by Gasteiger charge is -2.24. The van der Waals surface area contributed by atoms with E-state index in [0.717, 1.165) is 0 Å². The summed E-state index contributed by atoms with van der Waals surface area (Å²) in [5, 5.41) is 2.77. The predicted molar refractivity (Wildman–Crippen MR) is 95.9 cm³/mol. The number of nitrogens with one attached hydrogen (secondary N) is 1. The van der Waals surface area contributed by atoms with Crippen LogP contribution in [-0.2, 0) is 9.59 Å². The minimum Gasteiger partial charge on any atom is -0.493 e. The van der Waals surface area contributed by atoms with Crippen LogP contribution >= 0.6 is 0 Å². The fourth-order valence-electron chi connectivity index (χ4n) is 2.55. The van der Waals surface area contributed by atoms with E-state index < -0.39 is 29.6 Å². The Morgan fingerprint density at radius 1 is 1.00 bits per heavy atom. The summed E-state index contributed by atoms with van der Waals surface area (Å²) in [7, 11) is 4.30. The van der Waals surface area contributed by atoms with Crippen LogP contribution < -0.4 is 25.3 Å². The number of methoxy groups -OCH3 is 3. The monoisotopic (exact) mass is 366 g/mol. The molecule has 3 N–H and O–H groups in total. The third kappa shape index (κ3) is 4.72. The number of benzene rings is 1. The Morgan fingerprint density at radius 3 is 1.81 bits per heavy atom. The van der Waals surface area contributed by atoms with Gasteiger partial charge in [0.2, 0.25) is 11.7 Å². The molecule has 0 saturated heterocycles. The van der Waals surface area contributed by atoms with Crippen molar-refractivity contribution in [2.75, 3.05) is 21.3 Å². The molecular formula is C18H26N2O6. The smallest absolute Gasteiger partial charge is 0.234 e. The summed E-state index contributed by atoms with van der Waals surface area (Å²) >= 11 is 0. The van der Waals surface area contributed by atoms with E-state index in [1.165, 1.54) is 40.4 Å². The Bertz CT molecular complexity index is 661. The highest BCUT2D eigenvalue weighted by molar-refractivity contribution is 6.14. The first-order valence-corrected chi connectivity index (χ1v) is 8.07. The summed E-state index contributed by atoms with van der Waals surface area (Å²) in [6.07, 6.45) is 0. The molecule has 26 heavy (non-hydrogen) atoms. The SMILES string of the molecule is COc1cc(C(=O)C(NC(C(N)=O)C(C)C)C(C)=O)cc(OC)c1OC. The van der Waals surface area contributed by atoms with E-state index in [2.05, 4.69) is 5.32 Å². The van der Waals surface area contributed by atoms with Crippen molar-refractivity contribution >= 4 is 17.5 Å². The van der Waals surface area contributed by atoms with Crippen molar-refractivity contribution < 1.29 is 28.6 Å². The van der Waals surface area contributed by atoms with Crippen LogP contribution in [0.25, 0.3) is 0 Å². The summed E-state index contributed by atoms with van der Waals surface area (Å²) < 4.78 is 15.7. The molecule has 2 unspecified atom stereocenters. The Morgan fingerprint density at radius 2 is 1.50 bits per heavy atom. The zero-order chi connectivity index (χ0) is 20.0. The molecule has 0 heterocycles. The highest BCUT2D eigenvalue weighted by atomic mass is 16.5. The van der Waals surface area contributed by atoms with Crippen LogP contribution in [0.5, 0.6) is 17.2 Å². The van der Waals surface area contributed by atoms with Crippen LogP contribution in [0.2, 0.25) is 0 Å². The summed E-state index contributed by atoms with van der Waals surface area (Å²) in [5.41, 5.74) is 5.55. The number of nitrogens with two attached hydrogens (primary N) is 1. The minimum absolute atomic E-state index is 0.180.